The maximum absolute atomic E-state index is 12.0. The van der Waals surface area contributed by atoms with Crippen LogP contribution < -0.4 is 5.32 Å². The van der Waals surface area contributed by atoms with Gasteiger partial charge in [-0.05, 0) is 29.8 Å². The number of carbonyl (C=O) groups excluding carboxylic acids is 1. The van der Waals surface area contributed by atoms with Gasteiger partial charge in [-0.3, -0.25) is 4.98 Å². The van der Waals surface area contributed by atoms with Gasteiger partial charge in [-0.1, -0.05) is 24.3 Å². The van der Waals surface area contributed by atoms with E-state index in [1.165, 1.54) is 7.11 Å². The molecule has 2 aromatic carbocycles. The lowest BCUT2D eigenvalue weighted by Crippen LogP contribution is -2.04. The molecule has 2 N–H and O–H groups in total. The fourth-order valence-electron chi connectivity index (χ4n) is 3.10. The van der Waals surface area contributed by atoms with Crippen molar-refractivity contribution < 1.29 is 9.53 Å². The molecule has 0 radical (unpaired) electrons. The number of hydrogen-bond acceptors (Lipinski definition) is 4. The van der Waals surface area contributed by atoms with Crippen LogP contribution >= 0.6 is 0 Å². The van der Waals surface area contributed by atoms with Crippen molar-refractivity contribution in [3.63, 3.8) is 0 Å². The number of fused-ring (bicyclic) bond motifs is 2. The molecule has 0 aliphatic carbocycles. The number of anilines is 1. The number of aromatic nitrogens is 2. The number of carbonyl (C=O) groups is 1. The van der Waals surface area contributed by atoms with Crippen molar-refractivity contribution in [2.24, 2.45) is 0 Å². The van der Waals surface area contributed by atoms with Crippen molar-refractivity contribution in [3.8, 4) is 0 Å². The minimum Gasteiger partial charge on any atom is -0.465 e. The normalized spacial score (nSPS) is 10.9. The molecule has 0 unspecified atom stereocenters. The van der Waals surface area contributed by atoms with Gasteiger partial charge in [0.1, 0.15) is 0 Å². The Kier molecular flexibility index (Phi) is 3.82. The van der Waals surface area contributed by atoms with Crippen LogP contribution in [-0.2, 0) is 11.3 Å². The maximum Gasteiger partial charge on any atom is 0.340 e. The molecule has 0 amide bonds. The predicted octanol–water partition coefficient (Wildman–Crippen LogP) is 4.11. The number of methoxy groups -OCH3 is 1. The molecular weight excluding hydrogens is 314 g/mol. The number of nitrogens with zero attached hydrogens (tertiary/aromatic N) is 1. The smallest absolute Gasteiger partial charge is 0.340 e. The van der Waals surface area contributed by atoms with Crippen molar-refractivity contribution in [3.05, 3.63) is 72.1 Å². The zero-order valence-electron chi connectivity index (χ0n) is 13.7. The number of rotatable bonds is 4. The highest BCUT2D eigenvalue weighted by molar-refractivity contribution is 6.09. The molecular formula is C20H17N3O2. The van der Waals surface area contributed by atoms with Crippen LogP contribution in [0.1, 0.15) is 15.9 Å². The second kappa shape index (κ2) is 6.28. The SMILES string of the molecule is COC(=O)c1c[nH]c2cccc(NCc3ccnc4ccccc34)c12. The average Bonchev–Trinajstić information content (AvgIpc) is 3.10. The average molecular weight is 331 g/mol. The molecule has 5 heteroatoms. The van der Waals surface area contributed by atoms with E-state index in [-0.39, 0.29) is 5.97 Å². The number of H-pyrrole nitrogens is 1. The second-order valence-electron chi connectivity index (χ2n) is 5.76. The molecule has 25 heavy (non-hydrogen) atoms. The van der Waals surface area contributed by atoms with E-state index in [1.54, 1.807) is 6.20 Å². The van der Waals surface area contributed by atoms with Crippen molar-refractivity contribution in [1.82, 2.24) is 9.97 Å². The predicted molar refractivity (Wildman–Crippen MR) is 98.7 cm³/mol. The van der Waals surface area contributed by atoms with E-state index in [1.807, 2.05) is 48.7 Å². The van der Waals surface area contributed by atoms with Crippen LogP contribution in [0.15, 0.2) is 60.9 Å². The summed E-state index contributed by atoms with van der Waals surface area (Å²) >= 11 is 0. The summed E-state index contributed by atoms with van der Waals surface area (Å²) in [6.45, 7) is 0.633. The Labute approximate surface area is 144 Å². The van der Waals surface area contributed by atoms with Crippen LogP contribution in [-0.4, -0.2) is 23.0 Å². The quantitative estimate of drug-likeness (QED) is 0.552. The Morgan fingerprint density at radius 3 is 2.92 bits per heavy atom. The molecule has 0 saturated heterocycles. The number of hydrogen-bond donors (Lipinski definition) is 2. The Balaban J connectivity index is 1.71. The van der Waals surface area contributed by atoms with Gasteiger partial charge in [0, 0.05) is 40.9 Å². The highest BCUT2D eigenvalue weighted by Gasteiger charge is 2.15. The summed E-state index contributed by atoms with van der Waals surface area (Å²) in [5.74, 6) is -0.352. The first-order valence-corrected chi connectivity index (χ1v) is 8.03. The van der Waals surface area contributed by atoms with Crippen LogP contribution in [0.25, 0.3) is 21.8 Å². The van der Waals surface area contributed by atoms with E-state index >= 15 is 0 Å². The van der Waals surface area contributed by atoms with E-state index in [0.29, 0.717) is 12.1 Å². The van der Waals surface area contributed by atoms with Gasteiger partial charge in [0.25, 0.3) is 0 Å². The van der Waals surface area contributed by atoms with Gasteiger partial charge >= 0.3 is 5.97 Å². The van der Waals surface area contributed by atoms with Gasteiger partial charge in [0.05, 0.1) is 18.2 Å². The molecule has 0 fully saturated rings. The molecule has 4 rings (SSSR count). The topological polar surface area (TPSA) is 67.0 Å². The van der Waals surface area contributed by atoms with E-state index in [4.69, 9.17) is 4.74 Å². The van der Waals surface area contributed by atoms with E-state index in [0.717, 1.165) is 33.1 Å². The standard InChI is InChI=1S/C20H17N3O2/c1-25-20(24)15-12-23-18-8-4-7-17(19(15)18)22-11-13-9-10-21-16-6-3-2-5-14(13)16/h2-10,12,22-23H,11H2,1H3. The molecule has 5 nitrogen and oxygen atoms in total. The van der Waals surface area contributed by atoms with Gasteiger partial charge in [-0.15, -0.1) is 0 Å². The van der Waals surface area contributed by atoms with Crippen LogP contribution in [0.5, 0.6) is 0 Å². The molecule has 4 aromatic rings. The minimum absolute atomic E-state index is 0.352. The number of pyridine rings is 1. The fraction of sp³-hybridized carbons (Fsp3) is 0.100. The Morgan fingerprint density at radius 1 is 1.16 bits per heavy atom. The highest BCUT2D eigenvalue weighted by atomic mass is 16.5. The molecule has 2 heterocycles. The summed E-state index contributed by atoms with van der Waals surface area (Å²) in [7, 11) is 1.39. The summed E-state index contributed by atoms with van der Waals surface area (Å²) in [6.07, 6.45) is 3.50. The van der Waals surface area contributed by atoms with Crippen molar-refractivity contribution in [2.45, 2.75) is 6.54 Å². The Bertz CT molecular complexity index is 1060. The summed E-state index contributed by atoms with van der Waals surface area (Å²) in [6, 6.07) is 15.9. The monoisotopic (exact) mass is 331 g/mol. The number of benzene rings is 2. The van der Waals surface area contributed by atoms with E-state index in [9.17, 15) is 4.79 Å². The van der Waals surface area contributed by atoms with E-state index < -0.39 is 0 Å². The highest BCUT2D eigenvalue weighted by Crippen LogP contribution is 2.28. The van der Waals surface area contributed by atoms with Gasteiger partial charge < -0.3 is 15.0 Å². The first-order chi connectivity index (χ1) is 12.3. The van der Waals surface area contributed by atoms with Crippen molar-refractivity contribution >= 4 is 33.5 Å². The molecule has 0 aliphatic heterocycles. The van der Waals surface area contributed by atoms with Crippen LogP contribution in [0.3, 0.4) is 0 Å². The summed E-state index contributed by atoms with van der Waals surface area (Å²) in [4.78, 5) is 19.5. The molecule has 0 saturated carbocycles. The van der Waals surface area contributed by atoms with Gasteiger partial charge in [0.15, 0.2) is 0 Å². The number of esters is 1. The van der Waals surface area contributed by atoms with Gasteiger partial charge in [0.2, 0.25) is 0 Å². The third-order valence-electron chi connectivity index (χ3n) is 4.32. The first kappa shape index (κ1) is 15.2. The Morgan fingerprint density at radius 2 is 2.04 bits per heavy atom. The fourth-order valence-corrected chi connectivity index (χ4v) is 3.10. The molecule has 2 aromatic heterocycles. The number of aromatic amines is 1. The number of ether oxygens (including phenoxy) is 1. The molecule has 124 valence electrons. The summed E-state index contributed by atoms with van der Waals surface area (Å²) < 4.78 is 4.88. The summed E-state index contributed by atoms with van der Waals surface area (Å²) in [5, 5.41) is 5.40. The van der Waals surface area contributed by atoms with E-state index in [2.05, 4.69) is 21.4 Å². The van der Waals surface area contributed by atoms with Crippen LogP contribution in [0, 0.1) is 0 Å². The molecule has 0 spiro atoms. The lowest BCUT2D eigenvalue weighted by molar-refractivity contribution is 0.0603. The number of para-hydroxylation sites is 1. The van der Waals surface area contributed by atoms with Crippen molar-refractivity contribution in [2.75, 3.05) is 12.4 Å². The lowest BCUT2D eigenvalue weighted by atomic mass is 10.1. The molecule has 0 bridgehead atoms. The van der Waals surface area contributed by atoms with Gasteiger partial charge in [-0.2, -0.15) is 0 Å². The van der Waals surface area contributed by atoms with Crippen LogP contribution in [0.4, 0.5) is 5.69 Å². The molecule has 0 aliphatic rings. The second-order valence-corrected chi connectivity index (χ2v) is 5.76. The maximum atomic E-state index is 12.0. The third-order valence-corrected chi connectivity index (χ3v) is 4.32. The van der Waals surface area contributed by atoms with Crippen molar-refractivity contribution in [1.29, 1.82) is 0 Å². The molecule has 0 atom stereocenters. The lowest BCUT2D eigenvalue weighted by Gasteiger charge is -2.11. The zero-order valence-corrected chi connectivity index (χ0v) is 13.7. The number of nitrogens with one attached hydrogen (secondary N) is 2. The minimum atomic E-state index is -0.352. The van der Waals surface area contributed by atoms with Crippen LogP contribution in [0.2, 0.25) is 0 Å². The Hall–Kier alpha value is -3.34. The van der Waals surface area contributed by atoms with Gasteiger partial charge in [-0.25, -0.2) is 4.79 Å². The summed E-state index contributed by atoms with van der Waals surface area (Å²) in [5.41, 5.74) is 4.43. The zero-order chi connectivity index (χ0) is 17.2. The largest absolute Gasteiger partial charge is 0.465 e. The first-order valence-electron chi connectivity index (χ1n) is 8.03. The third kappa shape index (κ3) is 2.70.